The number of amides is 2. The molecule has 40 heavy (non-hydrogen) atoms. The lowest BCUT2D eigenvalue weighted by Gasteiger charge is -2.36. The van der Waals surface area contributed by atoms with Crippen molar-refractivity contribution in [3.63, 3.8) is 0 Å². The number of hydrogen-bond donors (Lipinski definition) is 1. The third kappa shape index (κ3) is 6.40. The van der Waals surface area contributed by atoms with E-state index in [0.29, 0.717) is 44.7 Å². The fourth-order valence-electron chi connectivity index (χ4n) is 5.11. The fraction of sp³-hybridized carbons (Fsp3) is 0.414. The first kappa shape index (κ1) is 29.8. The number of nitrogens with zero attached hydrogens (tertiary/aromatic N) is 4. The standard InChI is InChI=1S/C29H36ClN5O4S/c1-21(2)34(29(37)23-10-13-33(14-11-23)28(36)16-30)20-24-7-4-5-9-26(24)27-15-22(17-31-3)19-35(27)40(38,39)25-8-6-12-32-18-25/h4-9,12,15,18-19,21,23,31H,10-11,13-14,16-17,20H2,1-3H3. The molecule has 1 aromatic carbocycles. The highest BCUT2D eigenvalue weighted by Crippen LogP contribution is 2.31. The number of carbonyl (C=O) groups excluding carboxylic acids is 2. The molecule has 11 heteroatoms. The van der Waals surface area contributed by atoms with Gasteiger partial charge in [-0.15, -0.1) is 11.6 Å². The maximum absolute atomic E-state index is 13.7. The molecular weight excluding hydrogens is 550 g/mol. The highest BCUT2D eigenvalue weighted by atomic mass is 35.5. The summed E-state index contributed by atoms with van der Waals surface area (Å²) in [6.45, 7) is 5.80. The van der Waals surface area contributed by atoms with Crippen LogP contribution in [0.3, 0.4) is 0 Å². The molecule has 1 saturated heterocycles. The minimum absolute atomic E-state index is 0.0389. The number of halogens is 1. The number of rotatable bonds is 10. The first-order valence-electron chi connectivity index (χ1n) is 13.4. The van der Waals surface area contributed by atoms with Crippen LogP contribution in [-0.2, 0) is 32.7 Å². The second-order valence-corrected chi connectivity index (χ2v) is 12.3. The quantitative estimate of drug-likeness (QED) is 0.364. The van der Waals surface area contributed by atoms with E-state index < -0.39 is 10.0 Å². The van der Waals surface area contributed by atoms with Crippen LogP contribution in [0.4, 0.5) is 0 Å². The molecule has 2 aromatic heterocycles. The zero-order valence-electron chi connectivity index (χ0n) is 23.1. The normalized spacial score (nSPS) is 14.5. The SMILES string of the molecule is CNCc1cc(-c2ccccc2CN(C(=O)C2CCN(C(=O)CCl)CC2)C(C)C)n(S(=O)(=O)c2cccnc2)c1. The Kier molecular flexibility index (Phi) is 9.65. The number of benzene rings is 1. The number of pyridine rings is 1. The van der Waals surface area contributed by atoms with Crippen molar-refractivity contribution in [1.82, 2.24) is 24.1 Å². The molecule has 0 saturated carbocycles. The Hall–Kier alpha value is -3.21. The molecule has 1 N–H and O–H groups in total. The number of carbonyl (C=O) groups is 2. The zero-order chi connectivity index (χ0) is 28.9. The lowest BCUT2D eigenvalue weighted by atomic mass is 9.94. The Labute approximate surface area is 241 Å². The van der Waals surface area contributed by atoms with Gasteiger partial charge >= 0.3 is 0 Å². The number of piperidine rings is 1. The van der Waals surface area contributed by atoms with Gasteiger partial charge in [0, 0.05) is 62.3 Å². The van der Waals surface area contributed by atoms with Crippen LogP contribution in [0.25, 0.3) is 11.3 Å². The van der Waals surface area contributed by atoms with Crippen LogP contribution in [0.2, 0.25) is 0 Å². The number of alkyl halides is 1. The monoisotopic (exact) mass is 585 g/mol. The summed E-state index contributed by atoms with van der Waals surface area (Å²) in [4.78, 5) is 33.4. The van der Waals surface area contributed by atoms with Gasteiger partial charge in [-0.1, -0.05) is 24.3 Å². The van der Waals surface area contributed by atoms with E-state index >= 15 is 0 Å². The lowest BCUT2D eigenvalue weighted by Crippen LogP contribution is -2.46. The molecule has 0 spiro atoms. The third-order valence-corrected chi connectivity index (χ3v) is 9.15. The van der Waals surface area contributed by atoms with Gasteiger partial charge in [-0.2, -0.15) is 0 Å². The summed E-state index contributed by atoms with van der Waals surface area (Å²) in [5.41, 5.74) is 2.91. The van der Waals surface area contributed by atoms with Gasteiger partial charge in [-0.05, 0) is 63.1 Å². The summed E-state index contributed by atoms with van der Waals surface area (Å²) in [7, 11) is -2.11. The minimum atomic E-state index is -3.92. The van der Waals surface area contributed by atoms with Crippen molar-refractivity contribution < 1.29 is 18.0 Å². The van der Waals surface area contributed by atoms with Gasteiger partial charge in [0.2, 0.25) is 11.8 Å². The number of hydrogen-bond acceptors (Lipinski definition) is 6. The maximum atomic E-state index is 13.7. The Morgan fingerprint density at radius 3 is 2.50 bits per heavy atom. The van der Waals surface area contributed by atoms with Crippen molar-refractivity contribution in [2.24, 2.45) is 5.92 Å². The molecule has 0 aliphatic carbocycles. The first-order chi connectivity index (χ1) is 19.2. The molecule has 3 heterocycles. The highest BCUT2D eigenvalue weighted by Gasteiger charge is 2.32. The van der Waals surface area contributed by atoms with Crippen molar-refractivity contribution >= 4 is 33.4 Å². The van der Waals surface area contributed by atoms with E-state index in [1.807, 2.05) is 56.1 Å². The smallest absolute Gasteiger partial charge is 0.269 e. The van der Waals surface area contributed by atoms with Crippen molar-refractivity contribution in [2.45, 2.75) is 50.7 Å². The van der Waals surface area contributed by atoms with E-state index in [1.165, 1.54) is 22.4 Å². The van der Waals surface area contributed by atoms with Crippen molar-refractivity contribution in [1.29, 1.82) is 0 Å². The topological polar surface area (TPSA) is 105 Å². The maximum Gasteiger partial charge on any atom is 0.269 e. The van der Waals surface area contributed by atoms with Gasteiger partial charge < -0.3 is 15.1 Å². The average Bonchev–Trinajstić information content (AvgIpc) is 3.40. The molecule has 3 aromatic rings. The average molecular weight is 586 g/mol. The molecule has 1 fully saturated rings. The van der Waals surface area contributed by atoms with Crippen LogP contribution in [0, 0.1) is 5.92 Å². The van der Waals surface area contributed by atoms with Gasteiger partial charge in [0.1, 0.15) is 10.8 Å². The van der Waals surface area contributed by atoms with Gasteiger partial charge in [-0.25, -0.2) is 12.4 Å². The van der Waals surface area contributed by atoms with E-state index in [-0.39, 0.29) is 34.5 Å². The molecular formula is C29H36ClN5O4S. The van der Waals surface area contributed by atoms with Crippen LogP contribution in [0.1, 0.15) is 37.8 Å². The van der Waals surface area contributed by atoms with Crippen LogP contribution in [0.15, 0.2) is 66.0 Å². The summed E-state index contributed by atoms with van der Waals surface area (Å²) < 4.78 is 28.7. The fourth-order valence-corrected chi connectivity index (χ4v) is 6.63. The highest BCUT2D eigenvalue weighted by molar-refractivity contribution is 7.90. The zero-order valence-corrected chi connectivity index (χ0v) is 24.7. The second-order valence-electron chi connectivity index (χ2n) is 10.3. The first-order valence-corrected chi connectivity index (χ1v) is 15.4. The van der Waals surface area contributed by atoms with Gasteiger partial charge in [-0.3, -0.25) is 14.6 Å². The molecule has 4 rings (SSSR count). The lowest BCUT2D eigenvalue weighted by molar-refractivity contribution is -0.142. The number of likely N-dealkylation sites (tertiary alicyclic amines) is 1. The summed E-state index contributed by atoms with van der Waals surface area (Å²) in [6.07, 6.45) is 5.69. The molecule has 1 aliphatic heterocycles. The Morgan fingerprint density at radius 1 is 1.15 bits per heavy atom. The van der Waals surface area contributed by atoms with Crippen molar-refractivity contribution in [3.8, 4) is 11.3 Å². The predicted octanol–water partition coefficient (Wildman–Crippen LogP) is 3.72. The molecule has 0 unspecified atom stereocenters. The molecule has 214 valence electrons. The summed E-state index contributed by atoms with van der Waals surface area (Å²) in [5.74, 6) is -0.311. The minimum Gasteiger partial charge on any atom is -0.342 e. The molecule has 1 aliphatic rings. The van der Waals surface area contributed by atoms with Crippen LogP contribution in [0.5, 0.6) is 0 Å². The van der Waals surface area contributed by atoms with E-state index in [2.05, 4.69) is 10.3 Å². The van der Waals surface area contributed by atoms with Crippen molar-refractivity contribution in [3.05, 3.63) is 72.2 Å². The van der Waals surface area contributed by atoms with Crippen LogP contribution >= 0.6 is 11.6 Å². The number of nitrogens with one attached hydrogen (secondary N) is 1. The molecule has 9 nitrogen and oxygen atoms in total. The summed E-state index contributed by atoms with van der Waals surface area (Å²) >= 11 is 5.71. The Bertz CT molecular complexity index is 1430. The number of aromatic nitrogens is 2. The Morgan fingerprint density at radius 2 is 1.88 bits per heavy atom. The van der Waals surface area contributed by atoms with Gasteiger partial charge in [0.05, 0.1) is 5.69 Å². The van der Waals surface area contributed by atoms with Gasteiger partial charge in [0.15, 0.2) is 0 Å². The van der Waals surface area contributed by atoms with Crippen LogP contribution < -0.4 is 5.32 Å². The summed E-state index contributed by atoms with van der Waals surface area (Å²) in [6, 6.07) is 12.5. The molecule has 0 bridgehead atoms. The third-order valence-electron chi connectivity index (χ3n) is 7.27. The van der Waals surface area contributed by atoms with E-state index in [0.717, 1.165) is 16.7 Å². The summed E-state index contributed by atoms with van der Waals surface area (Å²) in [5, 5.41) is 3.09. The second kappa shape index (κ2) is 13.0. The van der Waals surface area contributed by atoms with Gasteiger partial charge in [0.25, 0.3) is 10.0 Å². The Balaban J connectivity index is 1.67. The van der Waals surface area contributed by atoms with E-state index in [4.69, 9.17) is 11.6 Å². The molecule has 2 amide bonds. The van der Waals surface area contributed by atoms with Crippen molar-refractivity contribution in [2.75, 3.05) is 26.0 Å². The van der Waals surface area contributed by atoms with E-state index in [1.54, 1.807) is 17.2 Å². The molecule has 0 atom stereocenters. The predicted molar refractivity (Wildman–Crippen MR) is 155 cm³/mol. The van der Waals surface area contributed by atoms with E-state index in [9.17, 15) is 18.0 Å². The molecule has 0 radical (unpaired) electrons. The largest absolute Gasteiger partial charge is 0.342 e. The van der Waals surface area contributed by atoms with Crippen LogP contribution in [-0.4, -0.2) is 71.0 Å².